The predicted octanol–water partition coefficient (Wildman–Crippen LogP) is 2.46. The normalized spacial score (nSPS) is 21.7. The molecule has 1 atom stereocenters. The van der Waals surface area contributed by atoms with Crippen molar-refractivity contribution in [3.05, 3.63) is 53.3 Å². The summed E-state index contributed by atoms with van der Waals surface area (Å²) in [5.74, 6) is -0.160. The van der Waals surface area contributed by atoms with Gasteiger partial charge in [-0.05, 0) is 17.7 Å². The van der Waals surface area contributed by atoms with Crippen molar-refractivity contribution in [1.82, 2.24) is 0 Å². The van der Waals surface area contributed by atoms with Crippen molar-refractivity contribution in [2.24, 2.45) is 0 Å². The van der Waals surface area contributed by atoms with Crippen molar-refractivity contribution in [2.75, 3.05) is 19.0 Å². The zero-order valence-corrected chi connectivity index (χ0v) is 11.3. The lowest BCUT2D eigenvalue weighted by atomic mass is 9.77. The van der Waals surface area contributed by atoms with E-state index >= 15 is 0 Å². The number of halogens is 1. The number of para-hydroxylation sites is 1. The summed E-state index contributed by atoms with van der Waals surface area (Å²) in [6.07, 6.45) is 0. The maximum Gasteiger partial charge on any atom is 0.243 e. The lowest BCUT2D eigenvalue weighted by Gasteiger charge is -2.20. The highest BCUT2D eigenvalue weighted by Crippen LogP contribution is 2.51. The van der Waals surface area contributed by atoms with Gasteiger partial charge in [0.1, 0.15) is 17.8 Å². The molecule has 1 spiro atoms. The fourth-order valence-corrected chi connectivity index (χ4v) is 3.13. The van der Waals surface area contributed by atoms with E-state index in [1.54, 1.807) is 6.07 Å². The second kappa shape index (κ2) is 3.97. The molecule has 4 rings (SSSR count). The zero-order valence-electron chi connectivity index (χ0n) is 11.3. The monoisotopic (exact) mass is 285 g/mol. The fourth-order valence-electron chi connectivity index (χ4n) is 3.13. The molecule has 106 valence electrons. The highest BCUT2D eigenvalue weighted by atomic mass is 19.1. The Kier molecular flexibility index (Phi) is 2.31. The van der Waals surface area contributed by atoms with Gasteiger partial charge in [0, 0.05) is 17.3 Å². The lowest BCUT2D eigenvalue weighted by molar-refractivity contribution is -0.119. The van der Waals surface area contributed by atoms with Crippen LogP contribution in [0.3, 0.4) is 0 Å². The third kappa shape index (κ3) is 1.40. The minimum atomic E-state index is -0.924. The minimum Gasteiger partial charge on any atom is -0.494 e. The number of methoxy groups -OCH3 is 1. The van der Waals surface area contributed by atoms with E-state index in [9.17, 15) is 9.18 Å². The molecule has 0 aliphatic carbocycles. The first-order chi connectivity index (χ1) is 10.2. The van der Waals surface area contributed by atoms with Crippen molar-refractivity contribution in [3.63, 3.8) is 0 Å². The number of rotatable bonds is 1. The molecule has 2 aromatic rings. The van der Waals surface area contributed by atoms with Crippen molar-refractivity contribution < 1.29 is 18.7 Å². The Balaban J connectivity index is 2.00. The Hall–Kier alpha value is -2.56. The molecule has 5 heteroatoms. The molecule has 21 heavy (non-hydrogen) atoms. The molecule has 2 aliphatic heterocycles. The maximum atomic E-state index is 13.8. The van der Waals surface area contributed by atoms with Crippen LogP contribution in [0, 0.1) is 5.82 Å². The van der Waals surface area contributed by atoms with Crippen LogP contribution in [0.25, 0.3) is 0 Å². The van der Waals surface area contributed by atoms with Gasteiger partial charge in [0.15, 0.2) is 11.6 Å². The van der Waals surface area contributed by atoms with Gasteiger partial charge < -0.3 is 14.8 Å². The third-order valence-electron chi connectivity index (χ3n) is 4.18. The smallest absolute Gasteiger partial charge is 0.243 e. The molecule has 0 bridgehead atoms. The highest BCUT2D eigenvalue weighted by molar-refractivity contribution is 6.09. The number of fused-ring (bicyclic) bond motifs is 4. The minimum absolute atomic E-state index is 0.107. The van der Waals surface area contributed by atoms with E-state index in [2.05, 4.69) is 5.32 Å². The standard InChI is InChI=1S/C16H12FNO3/c1-20-14-6-10-13(7-11(14)17)21-8-16(10)9-4-2-3-5-12(9)18-15(16)19/h2-7H,8H2,1H3,(H,18,19). The third-order valence-corrected chi connectivity index (χ3v) is 4.18. The number of amides is 1. The maximum absolute atomic E-state index is 13.8. The Bertz CT molecular complexity index is 774. The number of nitrogens with one attached hydrogen (secondary N) is 1. The molecule has 0 aromatic heterocycles. The van der Waals surface area contributed by atoms with Gasteiger partial charge in [-0.2, -0.15) is 0 Å². The van der Waals surface area contributed by atoms with Gasteiger partial charge in [0.2, 0.25) is 5.91 Å². The lowest BCUT2D eigenvalue weighted by Crippen LogP contribution is -2.37. The SMILES string of the molecule is COc1cc2c(cc1F)OCC21C(=O)Nc2ccccc21. The molecule has 1 unspecified atom stereocenters. The summed E-state index contributed by atoms with van der Waals surface area (Å²) in [6, 6.07) is 10.3. The second-order valence-corrected chi connectivity index (χ2v) is 5.18. The summed E-state index contributed by atoms with van der Waals surface area (Å²) >= 11 is 0. The van der Waals surface area contributed by atoms with Crippen molar-refractivity contribution >= 4 is 11.6 Å². The van der Waals surface area contributed by atoms with Crippen LogP contribution < -0.4 is 14.8 Å². The number of anilines is 1. The van der Waals surface area contributed by atoms with Crippen LogP contribution in [-0.2, 0) is 10.2 Å². The Morgan fingerprint density at radius 3 is 2.90 bits per heavy atom. The van der Waals surface area contributed by atoms with E-state index in [4.69, 9.17) is 9.47 Å². The topological polar surface area (TPSA) is 47.6 Å². The molecule has 2 heterocycles. The van der Waals surface area contributed by atoms with Crippen molar-refractivity contribution in [1.29, 1.82) is 0 Å². The largest absolute Gasteiger partial charge is 0.494 e. The first kappa shape index (κ1) is 12.2. The molecule has 2 aliphatic rings. The van der Waals surface area contributed by atoms with Gasteiger partial charge in [-0.3, -0.25) is 4.79 Å². The van der Waals surface area contributed by atoms with Gasteiger partial charge >= 0.3 is 0 Å². The summed E-state index contributed by atoms with van der Waals surface area (Å²) in [7, 11) is 1.40. The van der Waals surface area contributed by atoms with Crippen molar-refractivity contribution in [3.8, 4) is 11.5 Å². The Morgan fingerprint density at radius 1 is 1.29 bits per heavy atom. The molecular weight excluding hydrogens is 273 g/mol. The van der Waals surface area contributed by atoms with Crippen molar-refractivity contribution in [2.45, 2.75) is 5.41 Å². The summed E-state index contributed by atoms with van der Waals surface area (Å²) < 4.78 is 24.4. The van der Waals surface area contributed by atoms with Gasteiger partial charge in [0.25, 0.3) is 0 Å². The quantitative estimate of drug-likeness (QED) is 0.875. The number of hydrogen-bond acceptors (Lipinski definition) is 3. The van der Waals surface area contributed by atoms with Crippen LogP contribution >= 0.6 is 0 Å². The van der Waals surface area contributed by atoms with Crippen LogP contribution in [-0.4, -0.2) is 19.6 Å². The van der Waals surface area contributed by atoms with E-state index in [1.165, 1.54) is 13.2 Å². The molecule has 1 N–H and O–H groups in total. The van der Waals surface area contributed by atoms with Crippen LogP contribution in [0.1, 0.15) is 11.1 Å². The molecule has 0 saturated heterocycles. The number of hydrogen-bond donors (Lipinski definition) is 1. The highest BCUT2D eigenvalue weighted by Gasteiger charge is 2.54. The van der Waals surface area contributed by atoms with Crippen LogP contribution in [0.15, 0.2) is 36.4 Å². The number of ether oxygens (including phenoxy) is 2. The number of carbonyl (C=O) groups is 1. The van der Waals surface area contributed by atoms with Gasteiger partial charge in [-0.15, -0.1) is 0 Å². The van der Waals surface area contributed by atoms with Crippen LogP contribution in [0.2, 0.25) is 0 Å². The van der Waals surface area contributed by atoms with E-state index in [0.29, 0.717) is 11.3 Å². The predicted molar refractivity (Wildman–Crippen MR) is 74.3 cm³/mol. The Labute approximate surface area is 120 Å². The summed E-state index contributed by atoms with van der Waals surface area (Å²) in [5, 5.41) is 2.87. The van der Waals surface area contributed by atoms with Gasteiger partial charge in [0.05, 0.1) is 7.11 Å². The summed E-state index contributed by atoms with van der Waals surface area (Å²) in [4.78, 5) is 12.6. The summed E-state index contributed by atoms with van der Waals surface area (Å²) in [6.45, 7) is 0.164. The van der Waals surface area contributed by atoms with Gasteiger partial charge in [-0.1, -0.05) is 18.2 Å². The first-order valence-corrected chi connectivity index (χ1v) is 6.58. The molecular formula is C16H12FNO3. The zero-order chi connectivity index (χ0) is 14.6. The molecule has 2 aromatic carbocycles. The molecule has 1 amide bonds. The second-order valence-electron chi connectivity index (χ2n) is 5.18. The number of carbonyl (C=O) groups excluding carboxylic acids is 1. The van der Waals surface area contributed by atoms with E-state index in [0.717, 1.165) is 11.3 Å². The molecule has 0 saturated carbocycles. The summed E-state index contributed by atoms with van der Waals surface area (Å²) in [5.41, 5.74) is 1.33. The average molecular weight is 285 g/mol. The van der Waals surface area contributed by atoms with Crippen LogP contribution in [0.5, 0.6) is 11.5 Å². The molecule has 4 nitrogen and oxygen atoms in total. The Morgan fingerprint density at radius 2 is 2.10 bits per heavy atom. The molecule has 0 fully saturated rings. The van der Waals surface area contributed by atoms with E-state index in [-0.39, 0.29) is 18.3 Å². The first-order valence-electron chi connectivity index (χ1n) is 6.58. The molecule has 0 radical (unpaired) electrons. The average Bonchev–Trinajstić information content (AvgIpc) is 2.99. The van der Waals surface area contributed by atoms with Crippen LogP contribution in [0.4, 0.5) is 10.1 Å². The van der Waals surface area contributed by atoms with E-state index in [1.807, 2.05) is 24.3 Å². The van der Waals surface area contributed by atoms with Gasteiger partial charge in [-0.25, -0.2) is 4.39 Å². The number of benzene rings is 2. The fraction of sp³-hybridized carbons (Fsp3) is 0.188. The van der Waals surface area contributed by atoms with E-state index < -0.39 is 11.2 Å².